The number of anilines is 6. The Balaban J connectivity index is 1.15. The third-order valence-electron chi connectivity index (χ3n) is 16.4. The molecule has 0 radical (unpaired) electrons. The van der Waals surface area contributed by atoms with Crippen molar-refractivity contribution < 1.29 is 4.42 Å². The van der Waals surface area contributed by atoms with Gasteiger partial charge in [0, 0.05) is 66.9 Å². The topological polar surface area (TPSA) is 24.6 Å². The Hall–Kier alpha value is -7.76. The molecule has 4 heterocycles. The first-order valence-corrected chi connectivity index (χ1v) is 26.7. The van der Waals surface area contributed by atoms with E-state index in [0.717, 1.165) is 50.9 Å². The lowest BCUT2D eigenvalue weighted by Gasteiger charge is -2.47. The molecule has 364 valence electrons. The van der Waals surface area contributed by atoms with E-state index in [1.807, 2.05) is 0 Å². The van der Waals surface area contributed by atoms with Gasteiger partial charge in [-0.2, -0.15) is 0 Å². The second-order valence-electron chi connectivity index (χ2n) is 24.1. The number of nitrogens with zero attached hydrogens (tertiary/aromatic N) is 3. The first-order chi connectivity index (χ1) is 35.5. The molecule has 2 aliphatic rings. The maximum atomic E-state index is 6.62. The average molecular weight is 962 g/mol. The van der Waals surface area contributed by atoms with Crippen LogP contribution in [-0.2, 0) is 22.7 Å². The fraction of sp³-hybridized carbons (Fsp3) is 0.217. The van der Waals surface area contributed by atoms with Crippen molar-refractivity contribution in [1.82, 2.24) is 4.57 Å². The van der Waals surface area contributed by atoms with Gasteiger partial charge in [-0.25, -0.2) is 0 Å². The van der Waals surface area contributed by atoms with Gasteiger partial charge < -0.3 is 18.8 Å². The lowest BCUT2D eigenvalue weighted by Crippen LogP contribution is -2.62. The largest absolute Gasteiger partial charge is 0.455 e. The molecule has 2 aromatic heterocycles. The minimum Gasteiger partial charge on any atom is -0.455 e. The Morgan fingerprint density at radius 3 is 1.82 bits per heavy atom. The third-order valence-corrected chi connectivity index (χ3v) is 16.4. The Morgan fingerprint density at radius 1 is 0.473 bits per heavy atom. The number of hydrogen-bond donors (Lipinski definition) is 0. The molecule has 0 amide bonds. The van der Waals surface area contributed by atoms with Crippen LogP contribution in [0.5, 0.6) is 0 Å². The van der Waals surface area contributed by atoms with E-state index in [4.69, 9.17) is 4.42 Å². The van der Waals surface area contributed by atoms with Gasteiger partial charge in [-0.3, -0.25) is 0 Å². The highest BCUT2D eigenvalue weighted by atomic mass is 16.3. The van der Waals surface area contributed by atoms with Crippen LogP contribution in [0.15, 0.2) is 180 Å². The molecule has 0 unspecified atom stereocenters. The summed E-state index contributed by atoms with van der Waals surface area (Å²) in [5.41, 5.74) is 25.6. The summed E-state index contributed by atoms with van der Waals surface area (Å²) in [5.74, 6) is 0. The highest BCUT2D eigenvalue weighted by Gasteiger charge is 2.47. The zero-order valence-corrected chi connectivity index (χ0v) is 44.8. The molecule has 9 aromatic carbocycles. The van der Waals surface area contributed by atoms with Crippen LogP contribution in [0.4, 0.5) is 34.1 Å². The zero-order chi connectivity index (χ0) is 51.2. The molecule has 0 spiro atoms. The van der Waals surface area contributed by atoms with Crippen LogP contribution in [0.25, 0.3) is 60.6 Å². The van der Waals surface area contributed by atoms with Gasteiger partial charge >= 0.3 is 0 Å². The predicted molar refractivity (Wildman–Crippen MR) is 318 cm³/mol. The Bertz CT molecular complexity index is 4060. The van der Waals surface area contributed by atoms with Gasteiger partial charge in [-0.05, 0) is 140 Å². The first-order valence-electron chi connectivity index (χ1n) is 26.7. The Kier molecular flexibility index (Phi) is 10.2. The summed E-state index contributed by atoms with van der Waals surface area (Å²) in [6, 6.07) is 66.2. The van der Waals surface area contributed by atoms with E-state index in [1.54, 1.807) is 0 Å². The summed E-state index contributed by atoms with van der Waals surface area (Å²) in [6.45, 7) is 25.9. The summed E-state index contributed by atoms with van der Waals surface area (Å²) in [5, 5.41) is 4.79. The average Bonchev–Trinajstić information content (AvgIpc) is 3.96. The van der Waals surface area contributed by atoms with E-state index in [0.29, 0.717) is 0 Å². The molecule has 2 aliphatic heterocycles. The summed E-state index contributed by atoms with van der Waals surface area (Å²) < 4.78 is 9.09. The van der Waals surface area contributed by atoms with Crippen molar-refractivity contribution in [3.63, 3.8) is 0 Å². The smallest absolute Gasteiger partial charge is 0.252 e. The normalized spacial score (nSPS) is 13.6. The van der Waals surface area contributed by atoms with Gasteiger partial charge in [-0.1, -0.05) is 184 Å². The molecule has 0 aliphatic carbocycles. The number of rotatable bonds is 5. The Morgan fingerprint density at radius 2 is 1.12 bits per heavy atom. The predicted octanol–water partition coefficient (Wildman–Crippen LogP) is 17.2. The maximum absolute atomic E-state index is 6.62. The summed E-state index contributed by atoms with van der Waals surface area (Å²) >= 11 is 0. The van der Waals surface area contributed by atoms with Crippen molar-refractivity contribution in [3.05, 3.63) is 204 Å². The molecule has 0 N–H and O–H groups in total. The van der Waals surface area contributed by atoms with Crippen LogP contribution in [0.1, 0.15) is 97.1 Å². The van der Waals surface area contributed by atoms with Crippen LogP contribution in [0, 0.1) is 6.92 Å². The van der Waals surface area contributed by atoms with Gasteiger partial charge in [0.05, 0.1) is 11.0 Å². The van der Waals surface area contributed by atoms with Crippen molar-refractivity contribution >= 4 is 101 Å². The van der Waals surface area contributed by atoms with Crippen LogP contribution >= 0.6 is 0 Å². The first kappa shape index (κ1) is 46.1. The number of para-hydroxylation sites is 4. The van der Waals surface area contributed by atoms with Crippen LogP contribution in [0.2, 0.25) is 0 Å². The monoisotopic (exact) mass is 962 g/mol. The molecule has 0 saturated carbocycles. The molecule has 0 bridgehead atoms. The maximum Gasteiger partial charge on any atom is 0.252 e. The SMILES string of the molecule is CCc1c(C(C)(C)C)cc2c3c1N(c1ccc(C(C)(C)C)cc1)c1c(ccc(C(C)(C)C)c1C)B3c1cc3c4ccccc4n(-c4ccccc4)c3cc1N2c1ccc(-c2cccc3c2oc2ccccc23)cc1. The standard InChI is InChI=1S/C69H64BN3O/c1-12-48-55(69(9,10)11)40-61-63-65(48)73(47-35-31-44(32-36-47)67(3,4)5)64-42(2)54(68(6,7)8)37-38-56(64)70(63)57-39-53-50-23-16-18-27-58(50)71(45-21-14-13-15-22-45)59(53)41-60(57)72(61)46-33-29-43(30-34-46)49-25-20-26-52-51-24-17-19-28-62(51)74-66(49)52/h13-41H,12H2,1-11H3. The van der Waals surface area contributed by atoms with E-state index >= 15 is 0 Å². The Labute approximate surface area is 437 Å². The number of aromatic nitrogens is 1. The highest BCUT2D eigenvalue weighted by molar-refractivity contribution is 7.00. The third kappa shape index (κ3) is 6.88. The fourth-order valence-electron chi connectivity index (χ4n) is 13.0. The fourth-order valence-corrected chi connectivity index (χ4v) is 13.0. The lowest BCUT2D eigenvalue weighted by molar-refractivity contribution is 0.583. The van der Waals surface area contributed by atoms with Gasteiger partial charge in [0.2, 0.25) is 0 Å². The summed E-state index contributed by atoms with van der Waals surface area (Å²) in [4.78, 5) is 5.30. The van der Waals surface area contributed by atoms with E-state index in [9.17, 15) is 0 Å². The van der Waals surface area contributed by atoms with Gasteiger partial charge in [0.15, 0.2) is 0 Å². The van der Waals surface area contributed by atoms with Crippen molar-refractivity contribution in [2.75, 3.05) is 9.80 Å². The minimum absolute atomic E-state index is 0.0198. The van der Waals surface area contributed by atoms with E-state index < -0.39 is 0 Å². The summed E-state index contributed by atoms with van der Waals surface area (Å²) in [6.07, 6.45) is 0.893. The highest BCUT2D eigenvalue weighted by Crippen LogP contribution is 2.51. The molecule has 0 saturated heterocycles. The molecule has 74 heavy (non-hydrogen) atoms. The van der Waals surface area contributed by atoms with Crippen molar-refractivity contribution in [2.45, 2.75) is 98.8 Å². The van der Waals surface area contributed by atoms with Crippen LogP contribution in [0.3, 0.4) is 0 Å². The second-order valence-corrected chi connectivity index (χ2v) is 24.1. The number of hydrogen-bond acceptors (Lipinski definition) is 3. The molecule has 0 fully saturated rings. The molecule has 13 rings (SSSR count). The second kappa shape index (κ2) is 16.4. The van der Waals surface area contributed by atoms with Crippen LogP contribution in [-0.4, -0.2) is 11.3 Å². The molecule has 5 heteroatoms. The molecular formula is C69H64BN3O. The van der Waals surface area contributed by atoms with Gasteiger partial charge in [0.25, 0.3) is 6.71 Å². The van der Waals surface area contributed by atoms with Crippen molar-refractivity contribution in [2.24, 2.45) is 0 Å². The van der Waals surface area contributed by atoms with Gasteiger partial charge in [-0.15, -0.1) is 0 Å². The minimum atomic E-state index is -0.165. The quantitative estimate of drug-likeness (QED) is 0.161. The van der Waals surface area contributed by atoms with E-state index in [2.05, 4.69) is 266 Å². The number of fused-ring (bicyclic) bond motifs is 10. The summed E-state index contributed by atoms with van der Waals surface area (Å²) in [7, 11) is 0. The van der Waals surface area contributed by atoms with E-state index in [-0.39, 0.29) is 23.0 Å². The number of benzene rings is 9. The van der Waals surface area contributed by atoms with Gasteiger partial charge in [0.1, 0.15) is 11.2 Å². The van der Waals surface area contributed by atoms with Crippen molar-refractivity contribution in [1.29, 1.82) is 0 Å². The van der Waals surface area contributed by atoms with Crippen molar-refractivity contribution in [3.8, 4) is 16.8 Å². The number of furan rings is 1. The lowest BCUT2D eigenvalue weighted by atomic mass is 9.33. The molecule has 0 atom stereocenters. The molecule has 4 nitrogen and oxygen atoms in total. The zero-order valence-electron chi connectivity index (χ0n) is 44.8. The van der Waals surface area contributed by atoms with E-state index in [1.165, 1.54) is 94.4 Å². The molecular weight excluding hydrogens is 898 g/mol. The molecule has 11 aromatic rings. The van der Waals surface area contributed by atoms with Crippen LogP contribution < -0.4 is 26.2 Å².